The van der Waals surface area contributed by atoms with Crippen molar-refractivity contribution in [2.24, 2.45) is 41.4 Å². The number of hydrogen-bond acceptors (Lipinski definition) is 1. The molecular formula is C12H16O2. The molecule has 6 atom stereocenters. The highest BCUT2D eigenvalue weighted by atomic mass is 16.4. The maximum Gasteiger partial charge on any atom is 0.307 e. The van der Waals surface area contributed by atoms with Crippen molar-refractivity contribution in [3.05, 3.63) is 0 Å². The van der Waals surface area contributed by atoms with E-state index in [9.17, 15) is 4.79 Å². The van der Waals surface area contributed by atoms with Gasteiger partial charge in [0.25, 0.3) is 0 Å². The molecule has 0 saturated heterocycles. The van der Waals surface area contributed by atoms with Crippen molar-refractivity contribution in [3.63, 3.8) is 0 Å². The lowest BCUT2D eigenvalue weighted by atomic mass is 9.82. The van der Waals surface area contributed by atoms with E-state index in [2.05, 4.69) is 0 Å². The predicted molar refractivity (Wildman–Crippen MR) is 50.5 cm³/mol. The van der Waals surface area contributed by atoms with E-state index in [1.54, 1.807) is 0 Å². The van der Waals surface area contributed by atoms with Crippen LogP contribution in [-0.4, -0.2) is 11.1 Å². The monoisotopic (exact) mass is 192 g/mol. The molecule has 2 heteroatoms. The van der Waals surface area contributed by atoms with E-state index < -0.39 is 5.97 Å². The van der Waals surface area contributed by atoms with Gasteiger partial charge in [-0.1, -0.05) is 6.42 Å². The van der Waals surface area contributed by atoms with Crippen LogP contribution in [0.2, 0.25) is 0 Å². The van der Waals surface area contributed by atoms with Gasteiger partial charge in [-0.05, 0) is 54.8 Å². The van der Waals surface area contributed by atoms with Crippen molar-refractivity contribution in [1.29, 1.82) is 0 Å². The summed E-state index contributed by atoms with van der Waals surface area (Å²) >= 11 is 0. The van der Waals surface area contributed by atoms with Gasteiger partial charge in [0, 0.05) is 0 Å². The third-order valence-electron chi connectivity index (χ3n) is 5.68. The molecule has 0 spiro atoms. The van der Waals surface area contributed by atoms with E-state index in [0.29, 0.717) is 11.8 Å². The van der Waals surface area contributed by atoms with Gasteiger partial charge in [0.1, 0.15) is 0 Å². The summed E-state index contributed by atoms with van der Waals surface area (Å²) in [5.41, 5.74) is 0. The molecule has 0 aromatic carbocycles. The second kappa shape index (κ2) is 2.17. The molecule has 4 aliphatic carbocycles. The molecule has 4 fully saturated rings. The van der Waals surface area contributed by atoms with Crippen molar-refractivity contribution >= 4 is 5.97 Å². The lowest BCUT2D eigenvalue weighted by molar-refractivity contribution is -0.139. The highest BCUT2D eigenvalue weighted by Gasteiger charge is 2.73. The summed E-state index contributed by atoms with van der Waals surface area (Å²) in [5.74, 6) is 4.29. The van der Waals surface area contributed by atoms with Crippen molar-refractivity contribution in [1.82, 2.24) is 0 Å². The number of aliphatic carboxylic acids is 1. The van der Waals surface area contributed by atoms with E-state index >= 15 is 0 Å². The van der Waals surface area contributed by atoms with Gasteiger partial charge in [0.2, 0.25) is 0 Å². The fourth-order valence-electron chi connectivity index (χ4n) is 5.42. The van der Waals surface area contributed by atoms with Crippen molar-refractivity contribution in [3.8, 4) is 0 Å². The number of hydrogen-bond donors (Lipinski definition) is 1. The van der Waals surface area contributed by atoms with E-state index in [4.69, 9.17) is 5.11 Å². The lowest BCUT2D eigenvalue weighted by Gasteiger charge is -2.23. The molecule has 2 nitrogen and oxygen atoms in total. The van der Waals surface area contributed by atoms with Gasteiger partial charge >= 0.3 is 5.97 Å². The van der Waals surface area contributed by atoms with Crippen LogP contribution in [0.25, 0.3) is 0 Å². The molecule has 2 bridgehead atoms. The Kier molecular flexibility index (Phi) is 1.20. The third kappa shape index (κ3) is 0.665. The first-order chi connectivity index (χ1) is 6.79. The maximum absolute atomic E-state index is 11.0. The van der Waals surface area contributed by atoms with Crippen LogP contribution in [0.4, 0.5) is 0 Å². The minimum absolute atomic E-state index is 0.0735. The summed E-state index contributed by atoms with van der Waals surface area (Å²) in [7, 11) is 0. The minimum Gasteiger partial charge on any atom is -0.481 e. The van der Waals surface area contributed by atoms with Crippen LogP contribution in [0, 0.1) is 41.4 Å². The maximum atomic E-state index is 11.0. The highest BCUT2D eigenvalue weighted by molar-refractivity contribution is 5.75. The summed E-state index contributed by atoms with van der Waals surface area (Å²) in [6, 6.07) is 0. The highest BCUT2D eigenvalue weighted by Crippen LogP contribution is 2.75. The van der Waals surface area contributed by atoms with Gasteiger partial charge in [0.05, 0.1) is 5.92 Å². The van der Waals surface area contributed by atoms with Crippen LogP contribution in [0.1, 0.15) is 25.7 Å². The molecule has 0 aromatic heterocycles. The number of carboxylic acid groups (broad SMARTS) is 1. The first-order valence-corrected chi connectivity index (χ1v) is 6.02. The summed E-state index contributed by atoms with van der Waals surface area (Å²) in [6.07, 6.45) is 5.61. The Labute approximate surface area is 83.7 Å². The van der Waals surface area contributed by atoms with Crippen LogP contribution in [0.3, 0.4) is 0 Å². The SMILES string of the molecule is O=C(O)C1C2C3CC(C4CCCC43)C12. The van der Waals surface area contributed by atoms with E-state index in [1.165, 1.54) is 25.7 Å². The van der Waals surface area contributed by atoms with Gasteiger partial charge in [0.15, 0.2) is 0 Å². The fraction of sp³-hybridized carbons (Fsp3) is 0.917. The third-order valence-corrected chi connectivity index (χ3v) is 5.68. The number of carboxylic acids is 1. The Balaban J connectivity index is 1.67. The van der Waals surface area contributed by atoms with Crippen LogP contribution < -0.4 is 0 Å². The largest absolute Gasteiger partial charge is 0.481 e. The molecule has 0 heterocycles. The molecule has 0 radical (unpaired) electrons. The predicted octanol–water partition coefficient (Wildman–Crippen LogP) is 2.00. The van der Waals surface area contributed by atoms with E-state index in [-0.39, 0.29) is 5.92 Å². The van der Waals surface area contributed by atoms with Crippen LogP contribution in [0.5, 0.6) is 0 Å². The zero-order valence-corrected chi connectivity index (χ0v) is 8.23. The van der Waals surface area contributed by atoms with Gasteiger partial charge in [-0.3, -0.25) is 4.79 Å². The smallest absolute Gasteiger partial charge is 0.307 e. The quantitative estimate of drug-likeness (QED) is 0.690. The van der Waals surface area contributed by atoms with Crippen molar-refractivity contribution in [2.75, 3.05) is 0 Å². The summed E-state index contributed by atoms with van der Waals surface area (Å²) in [6.45, 7) is 0. The van der Waals surface area contributed by atoms with Gasteiger partial charge in [-0.15, -0.1) is 0 Å². The van der Waals surface area contributed by atoms with E-state index in [1.807, 2.05) is 0 Å². The Morgan fingerprint density at radius 2 is 1.57 bits per heavy atom. The zero-order valence-electron chi connectivity index (χ0n) is 8.23. The molecule has 4 rings (SSSR count). The van der Waals surface area contributed by atoms with Gasteiger partial charge in [-0.25, -0.2) is 0 Å². The summed E-state index contributed by atoms with van der Waals surface area (Å²) in [5, 5.41) is 9.09. The standard InChI is InChI=1S/C12H16O2/c13-12(14)11-9-7-4-8(10(9)11)6-3-1-2-5(6)7/h5-11H,1-4H2,(H,13,14). The topological polar surface area (TPSA) is 37.3 Å². The number of rotatable bonds is 1. The summed E-state index contributed by atoms with van der Waals surface area (Å²) < 4.78 is 0. The second-order valence-electron chi connectivity index (χ2n) is 5.84. The molecule has 4 saturated carbocycles. The molecule has 6 unspecified atom stereocenters. The summed E-state index contributed by atoms with van der Waals surface area (Å²) in [4.78, 5) is 11.0. The molecule has 0 aliphatic heterocycles. The fourth-order valence-corrected chi connectivity index (χ4v) is 5.42. The molecular weight excluding hydrogens is 176 g/mol. The molecule has 0 amide bonds. The minimum atomic E-state index is -0.505. The number of fused-ring (bicyclic) bond motifs is 8. The Bertz CT molecular complexity index is 289. The Morgan fingerprint density at radius 3 is 2.07 bits per heavy atom. The molecule has 1 N–H and O–H groups in total. The first kappa shape index (κ1) is 7.72. The zero-order chi connectivity index (χ0) is 9.45. The van der Waals surface area contributed by atoms with Gasteiger partial charge in [-0.2, -0.15) is 0 Å². The molecule has 76 valence electrons. The van der Waals surface area contributed by atoms with Crippen molar-refractivity contribution < 1.29 is 9.90 Å². The average Bonchev–Trinajstić information content (AvgIpc) is 2.52. The second-order valence-corrected chi connectivity index (χ2v) is 5.84. The van der Waals surface area contributed by atoms with E-state index in [0.717, 1.165) is 23.7 Å². The Morgan fingerprint density at radius 1 is 1.00 bits per heavy atom. The molecule has 4 aliphatic rings. The lowest BCUT2D eigenvalue weighted by Crippen LogP contribution is -2.18. The van der Waals surface area contributed by atoms with Gasteiger partial charge < -0.3 is 5.11 Å². The Hall–Kier alpha value is -0.530. The van der Waals surface area contributed by atoms with Crippen LogP contribution in [0.15, 0.2) is 0 Å². The number of carbonyl (C=O) groups is 1. The van der Waals surface area contributed by atoms with Crippen molar-refractivity contribution in [2.45, 2.75) is 25.7 Å². The molecule has 0 aromatic rings. The first-order valence-electron chi connectivity index (χ1n) is 6.02. The molecule has 14 heavy (non-hydrogen) atoms. The van der Waals surface area contributed by atoms with Crippen LogP contribution in [-0.2, 0) is 4.79 Å². The van der Waals surface area contributed by atoms with Crippen LogP contribution >= 0.6 is 0 Å². The normalized spacial score (nSPS) is 62.4. The average molecular weight is 192 g/mol.